The van der Waals surface area contributed by atoms with Gasteiger partial charge < -0.3 is 0 Å². The van der Waals surface area contributed by atoms with E-state index in [1.54, 1.807) is 6.92 Å². The molecule has 0 bridgehead atoms. The van der Waals surface area contributed by atoms with E-state index in [0.29, 0.717) is 18.8 Å². The van der Waals surface area contributed by atoms with E-state index in [4.69, 9.17) is 0 Å². The second-order valence-corrected chi connectivity index (χ2v) is 9.20. The van der Waals surface area contributed by atoms with Crippen LogP contribution in [-0.2, 0) is 25.7 Å². The van der Waals surface area contributed by atoms with Gasteiger partial charge in [-0.2, -0.15) is 0 Å². The molecule has 0 unspecified atom stereocenters. The van der Waals surface area contributed by atoms with E-state index in [2.05, 4.69) is 6.92 Å². The first-order valence-electron chi connectivity index (χ1n) is 12.0. The van der Waals surface area contributed by atoms with E-state index in [1.165, 1.54) is 37.8 Å². The third-order valence-corrected chi connectivity index (χ3v) is 7.08. The van der Waals surface area contributed by atoms with Crippen molar-refractivity contribution in [2.45, 2.75) is 84.5 Å². The highest BCUT2D eigenvalue weighted by Crippen LogP contribution is 2.34. The Morgan fingerprint density at radius 1 is 0.656 bits per heavy atom. The maximum atomic E-state index is 14.7. The van der Waals surface area contributed by atoms with Crippen molar-refractivity contribution in [1.82, 2.24) is 0 Å². The molecule has 1 fully saturated rings. The molecule has 0 aromatic heterocycles. The molecular formula is C27H33F5. The summed E-state index contributed by atoms with van der Waals surface area (Å²) in [5, 5.41) is 0. The van der Waals surface area contributed by atoms with Crippen molar-refractivity contribution in [1.29, 1.82) is 0 Å². The van der Waals surface area contributed by atoms with Gasteiger partial charge in [-0.3, -0.25) is 0 Å². The SMILES string of the molecule is CCCC1CCC(CCc2cc(F)c(CCc3ccc(CC)c(F)c3F)c(F)c2F)CC1. The Labute approximate surface area is 188 Å². The molecule has 0 N–H and O–H groups in total. The Hall–Kier alpha value is -1.91. The van der Waals surface area contributed by atoms with Crippen LogP contribution >= 0.6 is 0 Å². The highest BCUT2D eigenvalue weighted by atomic mass is 19.2. The molecule has 1 aliphatic carbocycles. The van der Waals surface area contributed by atoms with Gasteiger partial charge in [0.05, 0.1) is 0 Å². The fraction of sp³-hybridized carbons (Fsp3) is 0.556. The van der Waals surface area contributed by atoms with Gasteiger partial charge >= 0.3 is 0 Å². The van der Waals surface area contributed by atoms with Gasteiger partial charge in [0.25, 0.3) is 0 Å². The van der Waals surface area contributed by atoms with E-state index in [0.717, 1.165) is 31.2 Å². The predicted molar refractivity (Wildman–Crippen MR) is 118 cm³/mol. The summed E-state index contributed by atoms with van der Waals surface area (Å²) < 4.78 is 72.1. The Morgan fingerprint density at radius 2 is 1.22 bits per heavy atom. The topological polar surface area (TPSA) is 0 Å². The standard InChI is InChI=1S/C27H33F5/c1-3-5-17-6-8-18(9-7-17)10-11-21-16-23(28)22(27(32)26(21)31)15-14-20-13-12-19(4-2)24(29)25(20)30/h12-13,16-18H,3-11,14-15H2,1-2H3. The number of hydrogen-bond donors (Lipinski definition) is 0. The predicted octanol–water partition coefficient (Wildman–Crippen LogP) is 8.27. The van der Waals surface area contributed by atoms with E-state index < -0.39 is 34.6 Å². The maximum absolute atomic E-state index is 14.7. The summed E-state index contributed by atoms with van der Waals surface area (Å²) in [6.07, 6.45) is 8.01. The zero-order valence-corrected chi connectivity index (χ0v) is 19.1. The van der Waals surface area contributed by atoms with Crippen LogP contribution in [0.15, 0.2) is 18.2 Å². The molecule has 0 atom stereocenters. The van der Waals surface area contributed by atoms with Crippen LogP contribution in [0.3, 0.4) is 0 Å². The van der Waals surface area contributed by atoms with Crippen LogP contribution < -0.4 is 0 Å². The first-order chi connectivity index (χ1) is 15.3. The van der Waals surface area contributed by atoms with Gasteiger partial charge in [-0.05, 0) is 66.7 Å². The number of halogens is 5. The molecule has 0 nitrogen and oxygen atoms in total. The van der Waals surface area contributed by atoms with Gasteiger partial charge in [0.1, 0.15) is 5.82 Å². The van der Waals surface area contributed by atoms with Crippen molar-refractivity contribution < 1.29 is 22.0 Å². The minimum Gasteiger partial charge on any atom is -0.207 e. The molecule has 0 aliphatic heterocycles. The highest BCUT2D eigenvalue weighted by Gasteiger charge is 2.23. The fourth-order valence-electron chi connectivity index (χ4n) is 5.02. The van der Waals surface area contributed by atoms with Gasteiger partial charge in [-0.1, -0.05) is 64.5 Å². The largest absolute Gasteiger partial charge is 0.207 e. The Kier molecular flexibility index (Phi) is 8.72. The monoisotopic (exact) mass is 452 g/mol. The summed E-state index contributed by atoms with van der Waals surface area (Å²) >= 11 is 0. The van der Waals surface area contributed by atoms with Crippen molar-refractivity contribution >= 4 is 0 Å². The molecule has 0 radical (unpaired) electrons. The molecule has 0 amide bonds. The molecule has 5 heteroatoms. The lowest BCUT2D eigenvalue weighted by Crippen LogP contribution is -2.15. The zero-order chi connectivity index (χ0) is 23.3. The molecule has 0 heterocycles. The summed E-state index contributed by atoms with van der Waals surface area (Å²) in [6, 6.07) is 3.97. The zero-order valence-electron chi connectivity index (χ0n) is 19.1. The Bertz CT molecular complexity index is 913. The smallest absolute Gasteiger partial charge is 0.165 e. The fourth-order valence-corrected chi connectivity index (χ4v) is 5.02. The Balaban J connectivity index is 1.64. The summed E-state index contributed by atoms with van der Waals surface area (Å²) in [6.45, 7) is 3.91. The molecule has 176 valence electrons. The van der Waals surface area contributed by atoms with Crippen LogP contribution in [0, 0.1) is 40.9 Å². The third-order valence-electron chi connectivity index (χ3n) is 7.08. The quantitative estimate of drug-likeness (QED) is 0.265. The van der Waals surface area contributed by atoms with E-state index >= 15 is 0 Å². The number of hydrogen-bond acceptors (Lipinski definition) is 0. The average molecular weight is 453 g/mol. The molecule has 1 saturated carbocycles. The van der Waals surface area contributed by atoms with Gasteiger partial charge in [-0.15, -0.1) is 0 Å². The van der Waals surface area contributed by atoms with Crippen LogP contribution in [0.4, 0.5) is 22.0 Å². The van der Waals surface area contributed by atoms with Gasteiger partial charge in [0, 0.05) is 5.56 Å². The molecule has 32 heavy (non-hydrogen) atoms. The first kappa shape index (κ1) is 24.7. The number of benzene rings is 2. The van der Waals surface area contributed by atoms with Crippen LogP contribution in [0.5, 0.6) is 0 Å². The van der Waals surface area contributed by atoms with E-state index in [9.17, 15) is 22.0 Å². The first-order valence-corrected chi connectivity index (χ1v) is 12.0. The molecule has 3 rings (SSSR count). The van der Waals surface area contributed by atoms with E-state index in [1.807, 2.05) is 0 Å². The van der Waals surface area contributed by atoms with E-state index in [-0.39, 0.29) is 29.5 Å². The lowest BCUT2D eigenvalue weighted by molar-refractivity contribution is 0.251. The van der Waals surface area contributed by atoms with Crippen molar-refractivity contribution in [2.75, 3.05) is 0 Å². The molecule has 0 saturated heterocycles. The molecule has 2 aromatic rings. The van der Waals surface area contributed by atoms with Gasteiger partial charge in [0.2, 0.25) is 0 Å². The summed E-state index contributed by atoms with van der Waals surface area (Å²) in [5.41, 5.74) is -0.0748. The summed E-state index contributed by atoms with van der Waals surface area (Å²) in [5.74, 6) is -3.74. The minimum absolute atomic E-state index is 0.0293. The maximum Gasteiger partial charge on any atom is 0.165 e. The van der Waals surface area contributed by atoms with Crippen molar-refractivity contribution in [3.8, 4) is 0 Å². The lowest BCUT2D eigenvalue weighted by Gasteiger charge is -2.28. The lowest BCUT2D eigenvalue weighted by atomic mass is 9.78. The summed E-state index contributed by atoms with van der Waals surface area (Å²) in [7, 11) is 0. The molecule has 2 aromatic carbocycles. The number of rotatable bonds is 9. The van der Waals surface area contributed by atoms with Crippen LogP contribution in [-0.4, -0.2) is 0 Å². The number of aryl methyl sites for hydroxylation is 3. The second-order valence-electron chi connectivity index (χ2n) is 9.20. The van der Waals surface area contributed by atoms with Crippen LogP contribution in [0.25, 0.3) is 0 Å². The van der Waals surface area contributed by atoms with Gasteiger partial charge in [-0.25, -0.2) is 22.0 Å². The normalized spacial score (nSPS) is 18.8. The second kappa shape index (κ2) is 11.3. The van der Waals surface area contributed by atoms with Crippen molar-refractivity contribution in [3.05, 3.63) is 69.5 Å². The van der Waals surface area contributed by atoms with Crippen LogP contribution in [0.1, 0.15) is 81.0 Å². The van der Waals surface area contributed by atoms with Crippen molar-refractivity contribution in [3.63, 3.8) is 0 Å². The molecule has 0 spiro atoms. The van der Waals surface area contributed by atoms with Crippen molar-refractivity contribution in [2.24, 2.45) is 11.8 Å². The minimum atomic E-state index is -1.21. The molecular weight excluding hydrogens is 419 g/mol. The van der Waals surface area contributed by atoms with Crippen LogP contribution in [0.2, 0.25) is 0 Å². The summed E-state index contributed by atoms with van der Waals surface area (Å²) in [4.78, 5) is 0. The molecule has 1 aliphatic rings. The third kappa shape index (κ3) is 5.71. The highest BCUT2D eigenvalue weighted by molar-refractivity contribution is 5.31. The Morgan fingerprint density at radius 3 is 1.84 bits per heavy atom. The average Bonchev–Trinajstić information content (AvgIpc) is 2.79. The van der Waals surface area contributed by atoms with Gasteiger partial charge in [0.15, 0.2) is 23.3 Å².